The van der Waals surface area contributed by atoms with Crippen molar-refractivity contribution in [2.45, 2.75) is 26.8 Å². The SMILES string of the molecule is CCc1cccnc1CNC(=O)c1cc(C)nc(NC)c1. The first-order valence-corrected chi connectivity index (χ1v) is 7.01. The van der Waals surface area contributed by atoms with E-state index in [1.54, 1.807) is 25.4 Å². The Morgan fingerprint density at radius 3 is 2.86 bits per heavy atom. The minimum absolute atomic E-state index is 0.121. The van der Waals surface area contributed by atoms with Crippen LogP contribution in [-0.4, -0.2) is 22.9 Å². The zero-order valence-corrected chi connectivity index (χ0v) is 12.6. The van der Waals surface area contributed by atoms with Crippen molar-refractivity contribution in [1.29, 1.82) is 0 Å². The zero-order chi connectivity index (χ0) is 15.2. The number of carbonyl (C=O) groups is 1. The molecule has 0 aliphatic rings. The fourth-order valence-electron chi connectivity index (χ4n) is 2.15. The standard InChI is InChI=1S/C16H20N4O/c1-4-12-6-5-7-18-14(12)10-19-16(21)13-8-11(2)20-15(9-13)17-3/h5-9H,4,10H2,1-3H3,(H,17,20)(H,19,21). The van der Waals surface area contributed by atoms with Gasteiger partial charge in [0.1, 0.15) is 5.82 Å². The Bertz CT molecular complexity index is 640. The quantitative estimate of drug-likeness (QED) is 0.884. The number of carbonyl (C=O) groups excluding carboxylic acids is 1. The van der Waals surface area contributed by atoms with E-state index in [0.717, 1.165) is 23.4 Å². The van der Waals surface area contributed by atoms with E-state index in [4.69, 9.17) is 0 Å². The molecule has 1 amide bonds. The van der Waals surface area contributed by atoms with Crippen LogP contribution in [0.3, 0.4) is 0 Å². The molecule has 0 spiro atoms. The van der Waals surface area contributed by atoms with Crippen molar-refractivity contribution in [1.82, 2.24) is 15.3 Å². The van der Waals surface area contributed by atoms with Gasteiger partial charge < -0.3 is 10.6 Å². The molecule has 5 nitrogen and oxygen atoms in total. The van der Waals surface area contributed by atoms with Gasteiger partial charge in [-0.2, -0.15) is 0 Å². The molecule has 0 fully saturated rings. The van der Waals surface area contributed by atoms with E-state index in [0.29, 0.717) is 17.9 Å². The van der Waals surface area contributed by atoms with Crippen molar-refractivity contribution in [3.8, 4) is 0 Å². The van der Waals surface area contributed by atoms with Gasteiger partial charge in [0.15, 0.2) is 0 Å². The highest BCUT2D eigenvalue weighted by molar-refractivity contribution is 5.94. The molecule has 0 saturated carbocycles. The van der Waals surface area contributed by atoms with Gasteiger partial charge in [0.25, 0.3) is 5.91 Å². The number of pyridine rings is 2. The topological polar surface area (TPSA) is 66.9 Å². The summed E-state index contributed by atoms with van der Waals surface area (Å²) in [6.07, 6.45) is 2.65. The third-order valence-electron chi connectivity index (χ3n) is 3.25. The lowest BCUT2D eigenvalue weighted by Gasteiger charge is -2.09. The number of amides is 1. The number of aryl methyl sites for hydroxylation is 2. The summed E-state index contributed by atoms with van der Waals surface area (Å²) in [7, 11) is 1.78. The lowest BCUT2D eigenvalue weighted by molar-refractivity contribution is 0.0950. The van der Waals surface area contributed by atoms with Gasteiger partial charge in [0.2, 0.25) is 0 Å². The first-order chi connectivity index (χ1) is 10.1. The number of hydrogen-bond donors (Lipinski definition) is 2. The molecular weight excluding hydrogens is 264 g/mol. The van der Waals surface area contributed by atoms with Gasteiger partial charge in [-0.3, -0.25) is 9.78 Å². The molecule has 0 aliphatic heterocycles. The normalized spacial score (nSPS) is 10.2. The molecule has 0 bridgehead atoms. The van der Waals surface area contributed by atoms with E-state index >= 15 is 0 Å². The summed E-state index contributed by atoms with van der Waals surface area (Å²) in [6.45, 7) is 4.37. The van der Waals surface area contributed by atoms with Gasteiger partial charge in [-0.05, 0) is 37.1 Å². The second-order valence-electron chi connectivity index (χ2n) is 4.78. The molecule has 21 heavy (non-hydrogen) atoms. The fourth-order valence-corrected chi connectivity index (χ4v) is 2.15. The molecule has 2 heterocycles. The first kappa shape index (κ1) is 15.0. The number of anilines is 1. The van der Waals surface area contributed by atoms with Crippen molar-refractivity contribution < 1.29 is 4.79 Å². The minimum Gasteiger partial charge on any atom is -0.373 e. The first-order valence-electron chi connectivity index (χ1n) is 7.01. The van der Waals surface area contributed by atoms with Crippen molar-refractivity contribution in [3.05, 3.63) is 53.0 Å². The number of nitrogens with zero attached hydrogens (tertiary/aromatic N) is 2. The van der Waals surface area contributed by atoms with Crippen LogP contribution in [0.15, 0.2) is 30.5 Å². The maximum absolute atomic E-state index is 12.2. The van der Waals surface area contributed by atoms with Crippen molar-refractivity contribution in [3.63, 3.8) is 0 Å². The molecule has 0 radical (unpaired) electrons. The highest BCUT2D eigenvalue weighted by Gasteiger charge is 2.09. The molecule has 0 aliphatic carbocycles. The minimum atomic E-state index is -0.121. The van der Waals surface area contributed by atoms with E-state index < -0.39 is 0 Å². The van der Waals surface area contributed by atoms with Gasteiger partial charge in [-0.1, -0.05) is 13.0 Å². The molecular formula is C16H20N4O. The Morgan fingerprint density at radius 1 is 1.33 bits per heavy atom. The van der Waals surface area contributed by atoms with Gasteiger partial charge >= 0.3 is 0 Å². The lowest BCUT2D eigenvalue weighted by Crippen LogP contribution is -2.24. The Kier molecular flexibility index (Phi) is 4.87. The van der Waals surface area contributed by atoms with Gasteiger partial charge in [0, 0.05) is 24.5 Å². The van der Waals surface area contributed by atoms with Crippen molar-refractivity contribution in [2.24, 2.45) is 0 Å². The number of rotatable bonds is 5. The monoisotopic (exact) mass is 284 g/mol. The lowest BCUT2D eigenvalue weighted by atomic mass is 10.1. The number of aromatic nitrogens is 2. The number of hydrogen-bond acceptors (Lipinski definition) is 4. The van der Waals surface area contributed by atoms with Crippen LogP contribution in [0.5, 0.6) is 0 Å². The Morgan fingerprint density at radius 2 is 2.14 bits per heavy atom. The van der Waals surface area contributed by atoms with Crippen LogP contribution in [0, 0.1) is 6.92 Å². The third-order valence-corrected chi connectivity index (χ3v) is 3.25. The highest BCUT2D eigenvalue weighted by Crippen LogP contribution is 2.10. The van der Waals surface area contributed by atoms with E-state index in [-0.39, 0.29) is 5.91 Å². The molecule has 0 saturated heterocycles. The van der Waals surface area contributed by atoms with E-state index in [9.17, 15) is 4.79 Å². The van der Waals surface area contributed by atoms with Crippen LogP contribution in [0.1, 0.15) is 34.2 Å². The fraction of sp³-hybridized carbons (Fsp3) is 0.312. The maximum atomic E-state index is 12.2. The smallest absolute Gasteiger partial charge is 0.251 e. The summed E-state index contributed by atoms with van der Waals surface area (Å²) in [4.78, 5) is 20.8. The van der Waals surface area contributed by atoms with Gasteiger partial charge in [-0.25, -0.2) is 4.98 Å². The zero-order valence-electron chi connectivity index (χ0n) is 12.6. The summed E-state index contributed by atoms with van der Waals surface area (Å²) in [5.41, 5.74) is 3.47. The molecule has 0 atom stereocenters. The molecule has 0 unspecified atom stereocenters. The van der Waals surface area contributed by atoms with E-state index in [1.165, 1.54) is 0 Å². The molecule has 2 N–H and O–H groups in total. The Hall–Kier alpha value is -2.43. The molecule has 2 aromatic heterocycles. The molecule has 0 aromatic carbocycles. The predicted octanol–water partition coefficient (Wildman–Crippen LogP) is 2.32. The summed E-state index contributed by atoms with van der Waals surface area (Å²) >= 11 is 0. The second kappa shape index (κ2) is 6.83. The number of nitrogens with one attached hydrogen (secondary N) is 2. The third kappa shape index (κ3) is 3.78. The summed E-state index contributed by atoms with van der Waals surface area (Å²) in [5.74, 6) is 0.567. The second-order valence-corrected chi connectivity index (χ2v) is 4.78. The largest absolute Gasteiger partial charge is 0.373 e. The average Bonchev–Trinajstić information content (AvgIpc) is 2.52. The van der Waals surface area contributed by atoms with Crippen LogP contribution in [-0.2, 0) is 13.0 Å². The van der Waals surface area contributed by atoms with Crippen molar-refractivity contribution >= 4 is 11.7 Å². The maximum Gasteiger partial charge on any atom is 0.251 e. The van der Waals surface area contributed by atoms with Crippen molar-refractivity contribution in [2.75, 3.05) is 12.4 Å². The summed E-state index contributed by atoms with van der Waals surface area (Å²) in [6, 6.07) is 7.45. The van der Waals surface area contributed by atoms with E-state index in [2.05, 4.69) is 27.5 Å². The van der Waals surface area contributed by atoms with Crippen LogP contribution < -0.4 is 10.6 Å². The molecule has 2 rings (SSSR count). The molecule has 5 heteroatoms. The van der Waals surface area contributed by atoms with Gasteiger partial charge in [-0.15, -0.1) is 0 Å². The average molecular weight is 284 g/mol. The summed E-state index contributed by atoms with van der Waals surface area (Å²) < 4.78 is 0. The highest BCUT2D eigenvalue weighted by atomic mass is 16.1. The van der Waals surface area contributed by atoms with Crippen LogP contribution in [0.4, 0.5) is 5.82 Å². The van der Waals surface area contributed by atoms with Crippen LogP contribution >= 0.6 is 0 Å². The van der Waals surface area contributed by atoms with Gasteiger partial charge in [0.05, 0.1) is 12.2 Å². The summed E-state index contributed by atoms with van der Waals surface area (Å²) in [5, 5.41) is 5.86. The predicted molar refractivity (Wildman–Crippen MR) is 83.3 cm³/mol. The molecule has 2 aromatic rings. The Labute approximate surface area is 124 Å². The molecule has 110 valence electrons. The Balaban J connectivity index is 2.10. The van der Waals surface area contributed by atoms with Crippen LogP contribution in [0.2, 0.25) is 0 Å². The van der Waals surface area contributed by atoms with E-state index in [1.807, 2.05) is 19.1 Å². The van der Waals surface area contributed by atoms with Crippen LogP contribution in [0.25, 0.3) is 0 Å².